The summed E-state index contributed by atoms with van der Waals surface area (Å²) in [6.07, 6.45) is -8.85. The van der Waals surface area contributed by atoms with E-state index in [4.69, 9.17) is 4.74 Å². The molecule has 0 heterocycles. The minimum atomic E-state index is -4.68. The normalized spacial score (nSPS) is 14.5. The van der Waals surface area contributed by atoms with Crippen LogP contribution in [0.1, 0.15) is 45.2 Å². The predicted octanol–water partition coefficient (Wildman–Crippen LogP) is 2.89. The molecule has 8 heteroatoms. The molecule has 0 aromatic heterocycles. The first-order valence-corrected chi connectivity index (χ1v) is 7.69. The standard InChI is InChI=1S/C17H22F3NO4/c1-16(2,3)25-14(23)9-12(11-7-5-4-6-8-11)21-15(24)13(22)10-17(18,19)20/h4-8,12-13,22H,9-10H2,1-3H3,(H,21,24)/t12-,13?/m0/s1. The first kappa shape index (κ1) is 21.0. The Morgan fingerprint density at radius 1 is 1.16 bits per heavy atom. The van der Waals surface area contributed by atoms with Crippen molar-refractivity contribution in [2.75, 3.05) is 0 Å². The molecule has 1 aromatic carbocycles. The van der Waals surface area contributed by atoms with Crippen LogP contribution in [0.2, 0.25) is 0 Å². The van der Waals surface area contributed by atoms with Crippen LogP contribution in [0, 0.1) is 0 Å². The van der Waals surface area contributed by atoms with Crippen LogP contribution in [0.15, 0.2) is 30.3 Å². The molecular weight excluding hydrogens is 339 g/mol. The van der Waals surface area contributed by atoms with Crippen LogP contribution in [-0.2, 0) is 14.3 Å². The van der Waals surface area contributed by atoms with Crippen molar-refractivity contribution in [3.8, 4) is 0 Å². The van der Waals surface area contributed by atoms with Gasteiger partial charge in [0.05, 0.1) is 18.9 Å². The van der Waals surface area contributed by atoms with Gasteiger partial charge >= 0.3 is 12.1 Å². The maximum atomic E-state index is 12.3. The Hall–Kier alpha value is -2.09. The van der Waals surface area contributed by atoms with Gasteiger partial charge in [-0.15, -0.1) is 0 Å². The van der Waals surface area contributed by atoms with E-state index in [0.717, 1.165) is 0 Å². The van der Waals surface area contributed by atoms with Crippen molar-refractivity contribution in [1.82, 2.24) is 5.32 Å². The van der Waals surface area contributed by atoms with E-state index in [2.05, 4.69) is 5.32 Å². The topological polar surface area (TPSA) is 75.6 Å². The number of carbonyl (C=O) groups excluding carboxylic acids is 2. The van der Waals surface area contributed by atoms with E-state index in [-0.39, 0.29) is 6.42 Å². The molecule has 0 radical (unpaired) electrons. The molecule has 0 aliphatic rings. The van der Waals surface area contributed by atoms with Gasteiger partial charge in [-0.2, -0.15) is 13.2 Å². The zero-order chi connectivity index (χ0) is 19.3. The van der Waals surface area contributed by atoms with Gasteiger partial charge in [0.1, 0.15) is 11.7 Å². The zero-order valence-electron chi connectivity index (χ0n) is 14.3. The van der Waals surface area contributed by atoms with E-state index >= 15 is 0 Å². The molecule has 5 nitrogen and oxygen atoms in total. The van der Waals surface area contributed by atoms with Crippen LogP contribution in [0.3, 0.4) is 0 Å². The summed E-state index contributed by atoms with van der Waals surface area (Å²) in [5, 5.41) is 11.7. The maximum absolute atomic E-state index is 12.3. The fourth-order valence-electron chi connectivity index (χ4n) is 2.07. The number of alkyl halides is 3. The van der Waals surface area contributed by atoms with Crippen LogP contribution >= 0.6 is 0 Å². The van der Waals surface area contributed by atoms with E-state index in [9.17, 15) is 27.9 Å². The van der Waals surface area contributed by atoms with Gasteiger partial charge in [-0.25, -0.2) is 0 Å². The molecule has 1 amide bonds. The summed E-state index contributed by atoms with van der Waals surface area (Å²) in [5.41, 5.74) is -0.223. The van der Waals surface area contributed by atoms with Gasteiger partial charge in [-0.3, -0.25) is 9.59 Å². The third-order valence-corrected chi connectivity index (χ3v) is 3.04. The summed E-state index contributed by atoms with van der Waals surface area (Å²) in [6, 6.07) is 7.36. The lowest BCUT2D eigenvalue weighted by Gasteiger charge is -2.24. The number of hydrogen-bond donors (Lipinski definition) is 2. The molecule has 0 bridgehead atoms. The number of rotatable bonds is 6. The lowest BCUT2D eigenvalue weighted by molar-refractivity contribution is -0.164. The Balaban J connectivity index is 2.86. The zero-order valence-corrected chi connectivity index (χ0v) is 14.3. The second-order valence-electron chi connectivity index (χ2n) is 6.60. The Bertz CT molecular complexity index is 582. The molecule has 2 atom stereocenters. The number of carbonyl (C=O) groups is 2. The Kier molecular flexibility index (Phi) is 6.98. The molecule has 0 saturated carbocycles. The first-order valence-electron chi connectivity index (χ1n) is 7.69. The SMILES string of the molecule is CC(C)(C)OC(=O)C[C@H](NC(=O)C(O)CC(F)(F)F)c1ccccc1. The van der Waals surface area contributed by atoms with Crippen molar-refractivity contribution in [1.29, 1.82) is 0 Å². The largest absolute Gasteiger partial charge is 0.460 e. The highest BCUT2D eigenvalue weighted by atomic mass is 19.4. The summed E-state index contributed by atoms with van der Waals surface area (Å²) >= 11 is 0. The number of halogens is 3. The average Bonchev–Trinajstić information content (AvgIpc) is 2.43. The Labute approximate surface area is 144 Å². The summed E-state index contributed by atoms with van der Waals surface area (Å²) in [4.78, 5) is 23.9. The summed E-state index contributed by atoms with van der Waals surface area (Å²) in [5.74, 6) is -1.82. The lowest BCUT2D eigenvalue weighted by Crippen LogP contribution is -2.40. The first-order chi connectivity index (χ1) is 11.4. The third-order valence-electron chi connectivity index (χ3n) is 3.04. The lowest BCUT2D eigenvalue weighted by atomic mass is 10.0. The number of esters is 1. The molecular formula is C17H22F3NO4. The molecule has 2 N–H and O–H groups in total. The number of hydrogen-bond acceptors (Lipinski definition) is 4. The van der Waals surface area contributed by atoms with E-state index in [0.29, 0.717) is 5.56 Å². The molecule has 1 unspecified atom stereocenters. The maximum Gasteiger partial charge on any atom is 0.392 e. The van der Waals surface area contributed by atoms with Gasteiger partial charge in [0.15, 0.2) is 0 Å². The van der Waals surface area contributed by atoms with Crippen LogP contribution < -0.4 is 5.32 Å². The van der Waals surface area contributed by atoms with Crippen LogP contribution in [0.5, 0.6) is 0 Å². The van der Waals surface area contributed by atoms with E-state index < -0.39 is 42.2 Å². The van der Waals surface area contributed by atoms with E-state index in [1.165, 1.54) is 0 Å². The Morgan fingerprint density at radius 3 is 2.20 bits per heavy atom. The highest BCUT2D eigenvalue weighted by molar-refractivity contribution is 5.82. The monoisotopic (exact) mass is 361 g/mol. The van der Waals surface area contributed by atoms with Crippen LogP contribution in [-0.4, -0.2) is 34.9 Å². The van der Waals surface area contributed by atoms with Gasteiger partial charge in [0, 0.05) is 0 Å². The van der Waals surface area contributed by atoms with Crippen molar-refractivity contribution < 1.29 is 32.6 Å². The molecule has 25 heavy (non-hydrogen) atoms. The van der Waals surface area contributed by atoms with Gasteiger partial charge in [0.25, 0.3) is 0 Å². The van der Waals surface area contributed by atoms with Gasteiger partial charge < -0.3 is 15.2 Å². The third kappa shape index (κ3) is 8.53. The van der Waals surface area contributed by atoms with Crippen molar-refractivity contribution in [3.63, 3.8) is 0 Å². The highest BCUT2D eigenvalue weighted by Crippen LogP contribution is 2.23. The molecule has 1 aromatic rings. The number of nitrogens with one attached hydrogen (secondary N) is 1. The summed E-state index contributed by atoms with van der Waals surface area (Å²) in [6.45, 7) is 5.02. The summed E-state index contributed by atoms with van der Waals surface area (Å²) in [7, 11) is 0. The fraction of sp³-hybridized carbons (Fsp3) is 0.529. The number of amides is 1. The van der Waals surface area contributed by atoms with Crippen molar-refractivity contribution in [3.05, 3.63) is 35.9 Å². The molecule has 140 valence electrons. The second kappa shape index (κ2) is 8.33. The van der Waals surface area contributed by atoms with Crippen molar-refractivity contribution in [2.24, 2.45) is 0 Å². The predicted molar refractivity (Wildman–Crippen MR) is 84.5 cm³/mol. The number of aliphatic hydroxyl groups is 1. The average molecular weight is 361 g/mol. The molecule has 0 aliphatic heterocycles. The molecule has 0 saturated heterocycles. The number of benzene rings is 1. The highest BCUT2D eigenvalue weighted by Gasteiger charge is 2.35. The molecule has 1 rings (SSSR count). The van der Waals surface area contributed by atoms with Gasteiger partial charge in [-0.1, -0.05) is 30.3 Å². The summed E-state index contributed by atoms with van der Waals surface area (Å²) < 4.78 is 42.1. The van der Waals surface area contributed by atoms with Crippen molar-refractivity contribution in [2.45, 2.75) is 57.5 Å². The molecule has 0 fully saturated rings. The van der Waals surface area contributed by atoms with E-state index in [1.54, 1.807) is 51.1 Å². The minimum absolute atomic E-state index is 0.272. The number of aliphatic hydroxyl groups excluding tert-OH is 1. The quantitative estimate of drug-likeness (QED) is 0.764. The smallest absolute Gasteiger partial charge is 0.392 e. The Morgan fingerprint density at radius 2 is 1.72 bits per heavy atom. The molecule has 0 spiro atoms. The fourth-order valence-corrected chi connectivity index (χ4v) is 2.07. The van der Waals surface area contributed by atoms with Gasteiger partial charge in [-0.05, 0) is 26.3 Å². The van der Waals surface area contributed by atoms with Crippen molar-refractivity contribution >= 4 is 11.9 Å². The number of ether oxygens (including phenoxy) is 1. The van der Waals surface area contributed by atoms with E-state index in [1.807, 2.05) is 0 Å². The van der Waals surface area contributed by atoms with Gasteiger partial charge in [0.2, 0.25) is 5.91 Å². The van der Waals surface area contributed by atoms with Crippen LogP contribution in [0.4, 0.5) is 13.2 Å². The minimum Gasteiger partial charge on any atom is -0.460 e. The second-order valence-corrected chi connectivity index (χ2v) is 6.60. The van der Waals surface area contributed by atoms with Crippen LogP contribution in [0.25, 0.3) is 0 Å². The molecule has 0 aliphatic carbocycles.